The molecule has 1 saturated heterocycles. The van der Waals surface area contributed by atoms with E-state index in [1.165, 1.54) is 11.6 Å². The molecule has 0 saturated carbocycles. The molecule has 4 rings (SSSR count). The molecular weight excluding hydrogens is 327 g/mol. The third-order valence-corrected chi connectivity index (χ3v) is 5.36. The summed E-state index contributed by atoms with van der Waals surface area (Å²) < 4.78 is 13.4. The van der Waals surface area contributed by atoms with Crippen molar-refractivity contribution in [2.45, 2.75) is 31.6 Å². The molecule has 134 valence electrons. The fourth-order valence-corrected chi connectivity index (χ4v) is 3.84. The van der Waals surface area contributed by atoms with Crippen molar-refractivity contribution in [2.75, 3.05) is 13.1 Å². The third-order valence-electron chi connectivity index (χ3n) is 5.36. The number of likely N-dealkylation sites (tertiary alicyclic amines) is 1. The molecule has 1 aliphatic heterocycles. The van der Waals surface area contributed by atoms with Gasteiger partial charge in [0.25, 0.3) is 0 Å². The van der Waals surface area contributed by atoms with Gasteiger partial charge in [0.15, 0.2) is 0 Å². The fraction of sp³-hybridized carbons (Fsp3) is 0.318. The van der Waals surface area contributed by atoms with Crippen molar-refractivity contribution in [1.82, 2.24) is 9.88 Å². The predicted octanol–water partition coefficient (Wildman–Crippen LogP) is 4.65. The summed E-state index contributed by atoms with van der Waals surface area (Å²) >= 11 is 0. The van der Waals surface area contributed by atoms with E-state index >= 15 is 0 Å². The maximum Gasteiger partial charge on any atom is 0.222 e. The smallest absolute Gasteiger partial charge is 0.222 e. The molecule has 0 unspecified atom stereocenters. The SMILES string of the molecule is O=C(CCc1ccccc1)N1CCC(c2cc3cc(F)ccc3[nH]2)CC1. The summed E-state index contributed by atoms with van der Waals surface area (Å²) in [5.74, 6) is 0.441. The number of fused-ring (bicyclic) bond motifs is 1. The Morgan fingerprint density at radius 3 is 2.62 bits per heavy atom. The first-order valence-corrected chi connectivity index (χ1v) is 9.29. The third kappa shape index (κ3) is 3.64. The van der Waals surface area contributed by atoms with Gasteiger partial charge in [-0.3, -0.25) is 4.79 Å². The van der Waals surface area contributed by atoms with Gasteiger partial charge in [-0.15, -0.1) is 0 Å². The number of nitrogens with zero attached hydrogens (tertiary/aromatic N) is 1. The van der Waals surface area contributed by atoms with Gasteiger partial charge >= 0.3 is 0 Å². The number of benzene rings is 2. The highest BCUT2D eigenvalue weighted by atomic mass is 19.1. The topological polar surface area (TPSA) is 36.1 Å². The van der Waals surface area contributed by atoms with E-state index in [0.29, 0.717) is 12.3 Å². The van der Waals surface area contributed by atoms with E-state index < -0.39 is 0 Å². The number of piperidine rings is 1. The van der Waals surface area contributed by atoms with Crippen LogP contribution in [-0.2, 0) is 11.2 Å². The Kier molecular flexibility index (Phi) is 4.74. The number of H-pyrrole nitrogens is 1. The van der Waals surface area contributed by atoms with Crippen LogP contribution >= 0.6 is 0 Å². The predicted molar refractivity (Wildman–Crippen MR) is 102 cm³/mol. The van der Waals surface area contributed by atoms with Gasteiger partial charge in [0.2, 0.25) is 5.91 Å². The Morgan fingerprint density at radius 2 is 1.85 bits per heavy atom. The molecule has 0 bridgehead atoms. The molecule has 2 aromatic carbocycles. The standard InChI is InChI=1S/C22H23FN2O/c23-19-7-8-20-18(14-19)15-21(24-20)17-10-12-25(13-11-17)22(26)9-6-16-4-2-1-3-5-16/h1-5,7-8,14-15,17,24H,6,9-13H2. The molecule has 1 aliphatic rings. The molecule has 1 N–H and O–H groups in total. The lowest BCUT2D eigenvalue weighted by molar-refractivity contribution is -0.132. The van der Waals surface area contributed by atoms with Crippen LogP contribution in [0, 0.1) is 5.82 Å². The molecule has 0 radical (unpaired) electrons. The molecule has 1 amide bonds. The van der Waals surface area contributed by atoms with Crippen LogP contribution in [0.3, 0.4) is 0 Å². The zero-order valence-corrected chi connectivity index (χ0v) is 14.7. The van der Waals surface area contributed by atoms with E-state index in [-0.39, 0.29) is 11.7 Å². The summed E-state index contributed by atoms with van der Waals surface area (Å²) in [6.07, 6.45) is 3.27. The number of rotatable bonds is 4. The van der Waals surface area contributed by atoms with Gasteiger partial charge < -0.3 is 9.88 Å². The van der Waals surface area contributed by atoms with Gasteiger partial charge in [-0.25, -0.2) is 4.39 Å². The zero-order chi connectivity index (χ0) is 17.9. The van der Waals surface area contributed by atoms with Crippen LogP contribution in [0.25, 0.3) is 10.9 Å². The van der Waals surface area contributed by atoms with E-state index in [0.717, 1.165) is 48.9 Å². The van der Waals surface area contributed by atoms with Crippen LogP contribution in [0.2, 0.25) is 0 Å². The van der Waals surface area contributed by atoms with Gasteiger partial charge in [0.05, 0.1) is 0 Å². The first-order chi connectivity index (χ1) is 12.7. The second kappa shape index (κ2) is 7.32. The van der Waals surface area contributed by atoms with Crippen LogP contribution in [0.4, 0.5) is 4.39 Å². The highest BCUT2D eigenvalue weighted by molar-refractivity contribution is 5.80. The average molecular weight is 350 g/mol. The summed E-state index contributed by atoms with van der Waals surface area (Å²) in [6, 6.07) is 17.0. The van der Waals surface area contributed by atoms with E-state index in [2.05, 4.69) is 23.2 Å². The fourth-order valence-electron chi connectivity index (χ4n) is 3.84. The second-order valence-corrected chi connectivity index (χ2v) is 7.10. The van der Waals surface area contributed by atoms with E-state index in [4.69, 9.17) is 0 Å². The van der Waals surface area contributed by atoms with E-state index in [9.17, 15) is 9.18 Å². The van der Waals surface area contributed by atoms with Crippen molar-refractivity contribution in [3.8, 4) is 0 Å². The van der Waals surface area contributed by atoms with Crippen molar-refractivity contribution in [1.29, 1.82) is 0 Å². The molecule has 4 heteroatoms. The zero-order valence-electron chi connectivity index (χ0n) is 14.7. The maximum atomic E-state index is 13.4. The lowest BCUT2D eigenvalue weighted by Crippen LogP contribution is -2.38. The first kappa shape index (κ1) is 16.8. The summed E-state index contributed by atoms with van der Waals surface area (Å²) in [6.45, 7) is 1.59. The molecule has 26 heavy (non-hydrogen) atoms. The van der Waals surface area contributed by atoms with Crippen LogP contribution < -0.4 is 0 Å². The lowest BCUT2D eigenvalue weighted by atomic mass is 9.93. The summed E-state index contributed by atoms with van der Waals surface area (Å²) in [7, 11) is 0. The number of aromatic nitrogens is 1. The largest absolute Gasteiger partial charge is 0.358 e. The van der Waals surface area contributed by atoms with E-state index in [1.54, 1.807) is 12.1 Å². The van der Waals surface area contributed by atoms with Crippen molar-refractivity contribution < 1.29 is 9.18 Å². The van der Waals surface area contributed by atoms with Crippen LogP contribution in [-0.4, -0.2) is 28.9 Å². The number of nitrogens with one attached hydrogen (secondary N) is 1. The monoisotopic (exact) mass is 350 g/mol. The molecule has 0 spiro atoms. The number of carbonyl (C=O) groups excluding carboxylic acids is 1. The normalized spacial score (nSPS) is 15.5. The van der Waals surface area contributed by atoms with Crippen LogP contribution in [0.15, 0.2) is 54.6 Å². The molecule has 1 fully saturated rings. The number of hydrogen-bond acceptors (Lipinski definition) is 1. The number of aryl methyl sites for hydroxylation is 1. The highest BCUT2D eigenvalue weighted by Gasteiger charge is 2.24. The van der Waals surface area contributed by atoms with Crippen molar-refractivity contribution in [3.63, 3.8) is 0 Å². The number of halogens is 1. The summed E-state index contributed by atoms with van der Waals surface area (Å²) in [5, 5.41) is 0.918. The maximum absolute atomic E-state index is 13.4. The lowest BCUT2D eigenvalue weighted by Gasteiger charge is -2.31. The highest BCUT2D eigenvalue weighted by Crippen LogP contribution is 2.30. The minimum Gasteiger partial charge on any atom is -0.358 e. The quantitative estimate of drug-likeness (QED) is 0.731. The Labute approximate surface area is 152 Å². The van der Waals surface area contributed by atoms with Gasteiger partial charge in [0.1, 0.15) is 5.82 Å². The number of carbonyl (C=O) groups is 1. The molecule has 1 aromatic heterocycles. The molecule has 2 heterocycles. The number of aromatic amines is 1. The van der Waals surface area contributed by atoms with Crippen LogP contribution in [0.5, 0.6) is 0 Å². The molecular formula is C22H23FN2O. The molecule has 3 nitrogen and oxygen atoms in total. The Hall–Kier alpha value is -2.62. The average Bonchev–Trinajstić information content (AvgIpc) is 3.10. The van der Waals surface area contributed by atoms with Crippen molar-refractivity contribution in [2.24, 2.45) is 0 Å². The van der Waals surface area contributed by atoms with Gasteiger partial charge in [-0.05, 0) is 49.1 Å². The molecule has 0 aliphatic carbocycles. The van der Waals surface area contributed by atoms with Crippen LogP contribution in [0.1, 0.15) is 36.4 Å². The second-order valence-electron chi connectivity index (χ2n) is 7.10. The Balaban J connectivity index is 1.33. The van der Waals surface area contributed by atoms with Gasteiger partial charge in [-0.2, -0.15) is 0 Å². The Bertz CT molecular complexity index is 895. The van der Waals surface area contributed by atoms with Crippen molar-refractivity contribution in [3.05, 3.63) is 71.7 Å². The molecule has 0 atom stereocenters. The minimum atomic E-state index is -0.207. The first-order valence-electron chi connectivity index (χ1n) is 9.29. The van der Waals surface area contributed by atoms with Gasteiger partial charge in [0, 0.05) is 42.0 Å². The summed E-state index contributed by atoms with van der Waals surface area (Å²) in [5.41, 5.74) is 3.34. The minimum absolute atomic E-state index is 0.207. The van der Waals surface area contributed by atoms with Gasteiger partial charge in [-0.1, -0.05) is 30.3 Å². The Morgan fingerprint density at radius 1 is 1.08 bits per heavy atom. The number of amides is 1. The van der Waals surface area contributed by atoms with E-state index in [1.807, 2.05) is 23.1 Å². The van der Waals surface area contributed by atoms with Crippen molar-refractivity contribution >= 4 is 16.8 Å². The summed E-state index contributed by atoms with van der Waals surface area (Å²) in [4.78, 5) is 17.9. The number of hydrogen-bond donors (Lipinski definition) is 1. The molecule has 3 aromatic rings.